The minimum Gasteiger partial charge on any atom is -0.123 e. The Morgan fingerprint density at radius 3 is 2.33 bits per heavy atom. The number of allylic oxidation sites excluding steroid dienone is 1. The molecule has 0 saturated carbocycles. The molecule has 0 bridgehead atoms. The lowest BCUT2D eigenvalue weighted by molar-refractivity contribution is 0.594. The minimum atomic E-state index is 0.359. The first-order valence-electron chi connectivity index (χ1n) is 5.02. The van der Waals surface area contributed by atoms with Crippen LogP contribution in [0.25, 0.3) is 0 Å². The van der Waals surface area contributed by atoms with E-state index < -0.39 is 0 Å². The molecule has 0 saturated heterocycles. The highest BCUT2D eigenvalue weighted by Crippen LogP contribution is 2.10. The largest absolute Gasteiger partial charge is 0.123 e. The summed E-state index contributed by atoms with van der Waals surface area (Å²) in [7, 11) is 0. The van der Waals surface area contributed by atoms with Crippen LogP contribution in [0.3, 0.4) is 0 Å². The summed E-state index contributed by atoms with van der Waals surface area (Å²) in [6.07, 6.45) is 11.0. The standard InChI is InChI=1S/C11H21Cl/c1-3-4-5-6-7-8-9-10-11(2)12/h3,11H,1,4-10H2,2H3. The van der Waals surface area contributed by atoms with Crippen molar-refractivity contribution in [1.82, 2.24) is 0 Å². The molecule has 0 radical (unpaired) electrons. The van der Waals surface area contributed by atoms with E-state index in [-0.39, 0.29) is 0 Å². The van der Waals surface area contributed by atoms with Crippen molar-refractivity contribution in [2.45, 2.75) is 57.2 Å². The predicted molar refractivity (Wildman–Crippen MR) is 57.8 cm³/mol. The number of alkyl halides is 1. The van der Waals surface area contributed by atoms with E-state index in [9.17, 15) is 0 Å². The fraction of sp³-hybridized carbons (Fsp3) is 0.818. The van der Waals surface area contributed by atoms with Gasteiger partial charge in [-0.25, -0.2) is 0 Å². The van der Waals surface area contributed by atoms with Crippen molar-refractivity contribution in [3.63, 3.8) is 0 Å². The Kier molecular flexibility index (Phi) is 9.14. The molecule has 0 aromatic heterocycles. The van der Waals surface area contributed by atoms with Crippen LogP contribution >= 0.6 is 11.6 Å². The van der Waals surface area contributed by atoms with E-state index in [1.807, 2.05) is 6.08 Å². The maximum Gasteiger partial charge on any atom is 0.0307 e. The van der Waals surface area contributed by atoms with Gasteiger partial charge in [-0.05, 0) is 26.2 Å². The Morgan fingerprint density at radius 1 is 1.17 bits per heavy atom. The van der Waals surface area contributed by atoms with E-state index in [0.717, 1.165) is 0 Å². The second-order valence-corrected chi connectivity index (χ2v) is 4.16. The first kappa shape index (κ1) is 12.0. The molecule has 1 unspecified atom stereocenters. The molecular weight excluding hydrogens is 168 g/mol. The zero-order valence-corrected chi connectivity index (χ0v) is 8.95. The Labute approximate surface area is 82.0 Å². The summed E-state index contributed by atoms with van der Waals surface area (Å²) < 4.78 is 0. The zero-order valence-electron chi connectivity index (χ0n) is 8.19. The smallest absolute Gasteiger partial charge is 0.0307 e. The zero-order chi connectivity index (χ0) is 9.23. The van der Waals surface area contributed by atoms with E-state index in [4.69, 9.17) is 11.6 Å². The molecule has 0 nitrogen and oxygen atoms in total. The maximum absolute atomic E-state index is 5.83. The Morgan fingerprint density at radius 2 is 1.75 bits per heavy atom. The van der Waals surface area contributed by atoms with Crippen LogP contribution in [0.5, 0.6) is 0 Å². The average Bonchev–Trinajstić information content (AvgIpc) is 2.02. The molecule has 0 rings (SSSR count). The van der Waals surface area contributed by atoms with Gasteiger partial charge in [0.25, 0.3) is 0 Å². The van der Waals surface area contributed by atoms with E-state index in [0.29, 0.717) is 5.38 Å². The maximum atomic E-state index is 5.83. The summed E-state index contributed by atoms with van der Waals surface area (Å²) in [4.78, 5) is 0. The SMILES string of the molecule is C=CCCCCCCCC(C)Cl. The molecule has 0 aliphatic heterocycles. The quantitative estimate of drug-likeness (QED) is 0.298. The van der Waals surface area contributed by atoms with Crippen LogP contribution in [0.4, 0.5) is 0 Å². The van der Waals surface area contributed by atoms with Crippen molar-refractivity contribution in [2.24, 2.45) is 0 Å². The van der Waals surface area contributed by atoms with Gasteiger partial charge >= 0.3 is 0 Å². The first-order chi connectivity index (χ1) is 5.77. The van der Waals surface area contributed by atoms with Gasteiger partial charge in [-0.2, -0.15) is 0 Å². The number of halogens is 1. The topological polar surface area (TPSA) is 0 Å². The van der Waals surface area contributed by atoms with E-state index in [1.54, 1.807) is 0 Å². The van der Waals surface area contributed by atoms with Crippen LogP contribution in [-0.2, 0) is 0 Å². The summed E-state index contributed by atoms with van der Waals surface area (Å²) in [6.45, 7) is 5.77. The van der Waals surface area contributed by atoms with Gasteiger partial charge < -0.3 is 0 Å². The highest BCUT2D eigenvalue weighted by atomic mass is 35.5. The fourth-order valence-electron chi connectivity index (χ4n) is 1.24. The first-order valence-corrected chi connectivity index (χ1v) is 5.46. The third-order valence-corrected chi connectivity index (χ3v) is 2.23. The van der Waals surface area contributed by atoms with Crippen LogP contribution in [-0.4, -0.2) is 5.38 Å². The molecule has 12 heavy (non-hydrogen) atoms. The van der Waals surface area contributed by atoms with Crippen LogP contribution in [0.15, 0.2) is 12.7 Å². The number of unbranched alkanes of at least 4 members (excludes halogenated alkanes) is 5. The summed E-state index contributed by atoms with van der Waals surface area (Å²) in [5, 5.41) is 0.359. The van der Waals surface area contributed by atoms with Gasteiger partial charge in [0.1, 0.15) is 0 Å². The predicted octanol–water partition coefficient (Wildman–Crippen LogP) is 4.53. The Hall–Kier alpha value is 0.0300. The van der Waals surface area contributed by atoms with Crippen LogP contribution < -0.4 is 0 Å². The van der Waals surface area contributed by atoms with Crippen molar-refractivity contribution < 1.29 is 0 Å². The molecule has 0 aliphatic carbocycles. The third-order valence-electron chi connectivity index (χ3n) is 2.01. The van der Waals surface area contributed by atoms with Gasteiger partial charge in [0.05, 0.1) is 0 Å². The van der Waals surface area contributed by atoms with Crippen LogP contribution in [0.1, 0.15) is 51.9 Å². The van der Waals surface area contributed by atoms with Crippen molar-refractivity contribution in [2.75, 3.05) is 0 Å². The molecular formula is C11H21Cl. The van der Waals surface area contributed by atoms with Gasteiger partial charge in [-0.1, -0.05) is 31.8 Å². The van der Waals surface area contributed by atoms with Gasteiger partial charge in [0, 0.05) is 5.38 Å². The molecule has 0 N–H and O–H groups in total. The van der Waals surface area contributed by atoms with Crippen molar-refractivity contribution >= 4 is 11.6 Å². The summed E-state index contributed by atoms with van der Waals surface area (Å²) >= 11 is 5.83. The molecule has 0 heterocycles. The number of hydrogen-bond donors (Lipinski definition) is 0. The lowest BCUT2D eigenvalue weighted by Gasteiger charge is -2.01. The lowest BCUT2D eigenvalue weighted by Crippen LogP contribution is -1.89. The molecule has 0 aliphatic rings. The van der Waals surface area contributed by atoms with Crippen molar-refractivity contribution in [1.29, 1.82) is 0 Å². The summed E-state index contributed by atoms with van der Waals surface area (Å²) in [5.74, 6) is 0. The number of rotatable bonds is 8. The van der Waals surface area contributed by atoms with Gasteiger partial charge in [0.2, 0.25) is 0 Å². The Bertz CT molecular complexity index is 97.2. The lowest BCUT2D eigenvalue weighted by atomic mass is 10.1. The van der Waals surface area contributed by atoms with E-state index >= 15 is 0 Å². The van der Waals surface area contributed by atoms with Crippen LogP contribution in [0, 0.1) is 0 Å². The van der Waals surface area contributed by atoms with E-state index in [2.05, 4.69) is 13.5 Å². The summed E-state index contributed by atoms with van der Waals surface area (Å²) in [5.41, 5.74) is 0. The highest BCUT2D eigenvalue weighted by molar-refractivity contribution is 6.20. The van der Waals surface area contributed by atoms with Crippen molar-refractivity contribution in [3.8, 4) is 0 Å². The monoisotopic (exact) mass is 188 g/mol. The van der Waals surface area contributed by atoms with E-state index in [1.165, 1.54) is 44.9 Å². The van der Waals surface area contributed by atoms with Crippen molar-refractivity contribution in [3.05, 3.63) is 12.7 Å². The van der Waals surface area contributed by atoms with Crippen LogP contribution in [0.2, 0.25) is 0 Å². The fourth-order valence-corrected chi connectivity index (χ4v) is 1.40. The Balaban J connectivity index is 2.86. The molecule has 72 valence electrons. The highest BCUT2D eigenvalue weighted by Gasteiger charge is 1.95. The molecule has 0 aromatic rings. The molecule has 0 fully saturated rings. The van der Waals surface area contributed by atoms with Gasteiger partial charge in [0.15, 0.2) is 0 Å². The normalized spacial score (nSPS) is 12.8. The molecule has 1 heteroatoms. The second-order valence-electron chi connectivity index (χ2n) is 3.41. The molecule has 1 atom stereocenters. The minimum absolute atomic E-state index is 0.359. The van der Waals surface area contributed by atoms with Gasteiger partial charge in [-0.15, -0.1) is 18.2 Å². The average molecular weight is 189 g/mol. The molecule has 0 amide bonds. The second kappa shape index (κ2) is 9.12. The molecule has 0 aromatic carbocycles. The molecule has 0 spiro atoms. The van der Waals surface area contributed by atoms with Gasteiger partial charge in [-0.3, -0.25) is 0 Å². The summed E-state index contributed by atoms with van der Waals surface area (Å²) in [6, 6.07) is 0. The number of hydrogen-bond acceptors (Lipinski definition) is 0. The third kappa shape index (κ3) is 10.0.